The van der Waals surface area contributed by atoms with Crippen LogP contribution in [0.2, 0.25) is 0 Å². The van der Waals surface area contributed by atoms with Gasteiger partial charge in [-0.2, -0.15) is 0 Å². The Kier molecular flexibility index (Phi) is 10.6. The number of nitrogens with one attached hydrogen (secondary N) is 2. The third-order valence-electron chi connectivity index (χ3n) is 4.73. The maximum atomic E-state index is 9.31. The maximum Gasteiger partial charge on any atom is 0.219 e. The van der Waals surface area contributed by atoms with Crippen molar-refractivity contribution in [3.05, 3.63) is 48.2 Å². The van der Waals surface area contributed by atoms with E-state index in [4.69, 9.17) is 9.47 Å². The highest BCUT2D eigenvalue weighted by molar-refractivity contribution is 5.79. The van der Waals surface area contributed by atoms with Gasteiger partial charge in [0.2, 0.25) is 5.88 Å². The lowest BCUT2D eigenvalue weighted by molar-refractivity contribution is 0.243. The van der Waals surface area contributed by atoms with E-state index in [1.165, 1.54) is 0 Å². The third kappa shape index (κ3) is 9.26. The van der Waals surface area contributed by atoms with E-state index in [-0.39, 0.29) is 6.61 Å². The number of aromatic nitrogens is 1. The largest absolute Gasteiger partial charge is 0.497 e. The first-order valence-corrected chi connectivity index (χ1v) is 10.9. The number of guanidine groups is 1. The number of nitrogens with zero attached hydrogens (tertiary/aromatic N) is 2. The Bertz CT molecular complexity index is 794. The van der Waals surface area contributed by atoms with Gasteiger partial charge in [0.1, 0.15) is 11.5 Å². The van der Waals surface area contributed by atoms with Gasteiger partial charge in [-0.3, -0.25) is 0 Å². The molecule has 0 radical (unpaired) electrons. The van der Waals surface area contributed by atoms with E-state index in [1.54, 1.807) is 13.3 Å². The first-order chi connectivity index (χ1) is 15.0. The van der Waals surface area contributed by atoms with Crippen LogP contribution in [0.5, 0.6) is 17.4 Å². The Labute approximate surface area is 185 Å². The van der Waals surface area contributed by atoms with Gasteiger partial charge in [-0.15, -0.1) is 0 Å². The summed E-state index contributed by atoms with van der Waals surface area (Å²) in [5, 5.41) is 16.0. The predicted molar refractivity (Wildman–Crippen MR) is 125 cm³/mol. The van der Waals surface area contributed by atoms with Crippen LogP contribution in [0, 0.1) is 11.8 Å². The van der Waals surface area contributed by atoms with Crippen molar-refractivity contribution in [1.29, 1.82) is 0 Å². The molecule has 1 unspecified atom stereocenters. The summed E-state index contributed by atoms with van der Waals surface area (Å²) in [5.74, 6) is 3.72. The van der Waals surface area contributed by atoms with Crippen molar-refractivity contribution in [2.24, 2.45) is 16.8 Å². The molecule has 0 amide bonds. The van der Waals surface area contributed by atoms with Gasteiger partial charge in [-0.1, -0.05) is 26.0 Å². The van der Waals surface area contributed by atoms with Gasteiger partial charge in [0.15, 0.2) is 5.96 Å². The molecule has 7 nitrogen and oxygen atoms in total. The molecule has 0 aliphatic rings. The molecule has 170 valence electrons. The highest BCUT2D eigenvalue weighted by Gasteiger charge is 2.11. The van der Waals surface area contributed by atoms with Crippen molar-refractivity contribution in [3.63, 3.8) is 0 Å². The molecule has 1 heterocycles. The zero-order chi connectivity index (χ0) is 22.5. The van der Waals surface area contributed by atoms with E-state index >= 15 is 0 Å². The zero-order valence-corrected chi connectivity index (χ0v) is 19.1. The van der Waals surface area contributed by atoms with Gasteiger partial charge in [-0.05, 0) is 49.3 Å². The minimum absolute atomic E-state index is 0.211. The Morgan fingerprint density at radius 1 is 1.16 bits per heavy atom. The van der Waals surface area contributed by atoms with Crippen LogP contribution in [0.15, 0.2) is 47.6 Å². The molecule has 1 aromatic heterocycles. The summed E-state index contributed by atoms with van der Waals surface area (Å²) in [6.45, 7) is 8.75. The standard InChI is InChI=1S/C24H36N4O3/c1-5-25-24(27-15-19(11-12-29)13-18(2)3)28-17-20-9-10-23(26-16-20)31-22-8-6-7-21(14-22)30-4/h6-10,14,16,18-19,29H,5,11-13,15,17H2,1-4H3,(H2,25,27,28). The molecule has 0 bridgehead atoms. The van der Waals surface area contributed by atoms with Crippen molar-refractivity contribution in [2.75, 3.05) is 26.8 Å². The van der Waals surface area contributed by atoms with Crippen molar-refractivity contribution < 1.29 is 14.6 Å². The minimum Gasteiger partial charge on any atom is -0.497 e. The van der Waals surface area contributed by atoms with Crippen molar-refractivity contribution in [2.45, 2.75) is 40.2 Å². The Morgan fingerprint density at radius 2 is 1.97 bits per heavy atom. The van der Waals surface area contributed by atoms with Gasteiger partial charge < -0.3 is 25.2 Å². The molecular weight excluding hydrogens is 392 g/mol. The first kappa shape index (κ1) is 24.5. The Hall–Kier alpha value is -2.80. The van der Waals surface area contributed by atoms with E-state index in [1.807, 2.05) is 43.3 Å². The molecule has 31 heavy (non-hydrogen) atoms. The van der Waals surface area contributed by atoms with E-state index in [0.29, 0.717) is 30.0 Å². The number of benzene rings is 1. The van der Waals surface area contributed by atoms with Crippen LogP contribution in [0.25, 0.3) is 0 Å². The van der Waals surface area contributed by atoms with E-state index < -0.39 is 0 Å². The maximum absolute atomic E-state index is 9.31. The predicted octanol–water partition coefficient (Wildman–Crippen LogP) is 3.98. The Morgan fingerprint density at radius 3 is 2.61 bits per heavy atom. The number of aliphatic imine (C=N–C) groups is 1. The summed E-state index contributed by atoms with van der Waals surface area (Å²) in [4.78, 5) is 9.05. The molecule has 2 rings (SSSR count). The molecule has 1 aromatic carbocycles. The highest BCUT2D eigenvalue weighted by Crippen LogP contribution is 2.23. The lowest BCUT2D eigenvalue weighted by Crippen LogP contribution is -2.40. The van der Waals surface area contributed by atoms with E-state index in [0.717, 1.165) is 43.2 Å². The number of rotatable bonds is 12. The average molecular weight is 429 g/mol. The number of methoxy groups -OCH3 is 1. The normalized spacial score (nSPS) is 12.5. The van der Waals surface area contributed by atoms with Crippen LogP contribution in [0.4, 0.5) is 0 Å². The molecule has 3 N–H and O–H groups in total. The number of aliphatic hydroxyl groups excluding tert-OH is 1. The zero-order valence-electron chi connectivity index (χ0n) is 19.1. The monoisotopic (exact) mass is 428 g/mol. The molecular formula is C24H36N4O3. The molecule has 0 fully saturated rings. The molecule has 7 heteroatoms. The lowest BCUT2D eigenvalue weighted by Gasteiger charge is -2.20. The van der Waals surface area contributed by atoms with Crippen LogP contribution < -0.4 is 20.1 Å². The molecule has 2 aromatic rings. The second-order valence-corrected chi connectivity index (χ2v) is 7.87. The summed E-state index contributed by atoms with van der Waals surface area (Å²) >= 11 is 0. The number of hydrogen-bond donors (Lipinski definition) is 3. The molecule has 0 saturated heterocycles. The quantitative estimate of drug-likeness (QED) is 0.350. The van der Waals surface area contributed by atoms with E-state index in [9.17, 15) is 5.11 Å². The van der Waals surface area contributed by atoms with Crippen LogP contribution in [-0.4, -0.2) is 42.9 Å². The lowest BCUT2D eigenvalue weighted by atomic mass is 9.94. The summed E-state index contributed by atoms with van der Waals surface area (Å²) in [6.07, 6.45) is 3.64. The molecule has 0 aliphatic carbocycles. The molecule has 0 saturated carbocycles. The molecule has 1 atom stereocenters. The topological polar surface area (TPSA) is 88.0 Å². The van der Waals surface area contributed by atoms with E-state index in [2.05, 4.69) is 34.5 Å². The summed E-state index contributed by atoms with van der Waals surface area (Å²) in [7, 11) is 1.63. The van der Waals surface area contributed by atoms with Crippen LogP contribution in [-0.2, 0) is 6.54 Å². The number of aliphatic hydroxyl groups is 1. The minimum atomic E-state index is 0.211. The van der Waals surface area contributed by atoms with Crippen molar-refractivity contribution in [1.82, 2.24) is 15.6 Å². The summed E-state index contributed by atoms with van der Waals surface area (Å²) < 4.78 is 11.0. The van der Waals surface area contributed by atoms with Crippen molar-refractivity contribution in [3.8, 4) is 17.4 Å². The fraction of sp³-hybridized carbons (Fsp3) is 0.500. The van der Waals surface area contributed by atoms with Crippen LogP contribution in [0.1, 0.15) is 39.2 Å². The molecule has 0 spiro atoms. The molecule has 0 aliphatic heterocycles. The van der Waals surface area contributed by atoms with Gasteiger partial charge in [0.05, 0.1) is 13.7 Å². The third-order valence-corrected chi connectivity index (χ3v) is 4.73. The number of pyridine rings is 1. The van der Waals surface area contributed by atoms with Gasteiger partial charge in [-0.25, -0.2) is 9.98 Å². The van der Waals surface area contributed by atoms with Crippen LogP contribution >= 0.6 is 0 Å². The van der Waals surface area contributed by atoms with Gasteiger partial charge in [0.25, 0.3) is 0 Å². The fourth-order valence-electron chi connectivity index (χ4n) is 3.26. The smallest absolute Gasteiger partial charge is 0.219 e. The highest BCUT2D eigenvalue weighted by atomic mass is 16.5. The summed E-state index contributed by atoms with van der Waals surface area (Å²) in [6, 6.07) is 11.2. The van der Waals surface area contributed by atoms with Gasteiger partial charge >= 0.3 is 0 Å². The summed E-state index contributed by atoms with van der Waals surface area (Å²) in [5.41, 5.74) is 0.990. The number of hydrogen-bond acceptors (Lipinski definition) is 5. The second kappa shape index (κ2) is 13.5. The van der Waals surface area contributed by atoms with Crippen LogP contribution in [0.3, 0.4) is 0 Å². The van der Waals surface area contributed by atoms with Gasteiger partial charge in [0, 0.05) is 38.0 Å². The fourth-order valence-corrected chi connectivity index (χ4v) is 3.26. The van der Waals surface area contributed by atoms with Crippen molar-refractivity contribution >= 4 is 5.96 Å². The second-order valence-electron chi connectivity index (χ2n) is 7.87. The number of ether oxygens (including phenoxy) is 2. The Balaban J connectivity index is 1.93. The SMILES string of the molecule is CCNC(=NCc1ccc(Oc2cccc(OC)c2)nc1)NCC(CCO)CC(C)C. The average Bonchev–Trinajstić information content (AvgIpc) is 2.76. The first-order valence-electron chi connectivity index (χ1n) is 10.9.